The Labute approximate surface area is 172 Å². The number of imide groups is 1. The Morgan fingerprint density at radius 3 is 2.57 bits per heavy atom. The number of amides is 3. The van der Waals surface area contributed by atoms with Gasteiger partial charge in [0.1, 0.15) is 0 Å². The summed E-state index contributed by atoms with van der Waals surface area (Å²) in [5, 5.41) is 2.46. The van der Waals surface area contributed by atoms with Crippen molar-refractivity contribution in [1.82, 2.24) is 10.2 Å². The second-order valence-electron chi connectivity index (χ2n) is 6.15. The van der Waals surface area contributed by atoms with Gasteiger partial charge in [0.25, 0.3) is 11.1 Å². The van der Waals surface area contributed by atoms with E-state index in [2.05, 4.69) is 5.32 Å². The van der Waals surface area contributed by atoms with E-state index >= 15 is 0 Å². The van der Waals surface area contributed by atoms with E-state index in [4.69, 9.17) is 0 Å². The number of aryl methyl sites for hydroxylation is 1. The molecule has 0 radical (unpaired) electrons. The zero-order valence-electron chi connectivity index (χ0n) is 15.4. The van der Waals surface area contributed by atoms with E-state index in [1.807, 2.05) is 61.5 Å². The molecule has 1 fully saturated rings. The van der Waals surface area contributed by atoms with Crippen LogP contribution in [-0.4, -0.2) is 40.8 Å². The molecule has 0 unspecified atom stereocenters. The van der Waals surface area contributed by atoms with Gasteiger partial charge in [-0.2, -0.15) is 0 Å². The number of carbonyl (C=O) groups is 3. The van der Waals surface area contributed by atoms with E-state index in [9.17, 15) is 14.4 Å². The van der Waals surface area contributed by atoms with Crippen LogP contribution >= 0.6 is 23.5 Å². The van der Waals surface area contributed by atoms with Gasteiger partial charge < -0.3 is 5.32 Å². The highest BCUT2D eigenvalue weighted by Crippen LogP contribution is 2.31. The monoisotopic (exact) mass is 412 g/mol. The summed E-state index contributed by atoms with van der Waals surface area (Å²) < 4.78 is 0. The first-order valence-corrected chi connectivity index (χ1v) is 10.6. The lowest BCUT2D eigenvalue weighted by molar-refractivity contribution is -0.123. The first kappa shape index (κ1) is 20.2. The Balaban J connectivity index is 1.47. The lowest BCUT2D eigenvalue weighted by atomic mass is 10.2. The first-order chi connectivity index (χ1) is 13.5. The van der Waals surface area contributed by atoms with E-state index in [-0.39, 0.29) is 30.1 Å². The second kappa shape index (κ2) is 9.61. The SMILES string of the molecule is Cc1ccccc1SCC(=O)NCCN1C(=O)S/C(=C\c2ccccc2)C1=O. The van der Waals surface area contributed by atoms with Gasteiger partial charge in [0.15, 0.2) is 0 Å². The maximum Gasteiger partial charge on any atom is 0.293 e. The van der Waals surface area contributed by atoms with E-state index in [1.54, 1.807) is 6.08 Å². The molecule has 0 spiro atoms. The maximum absolute atomic E-state index is 12.4. The van der Waals surface area contributed by atoms with Crippen LogP contribution in [0, 0.1) is 6.92 Å². The molecule has 2 aromatic carbocycles. The third kappa shape index (κ3) is 5.27. The molecule has 0 bridgehead atoms. The Bertz CT molecular complexity index is 913. The summed E-state index contributed by atoms with van der Waals surface area (Å²) in [6.07, 6.45) is 1.71. The summed E-state index contributed by atoms with van der Waals surface area (Å²) in [5.74, 6) is -0.150. The molecule has 1 aliphatic heterocycles. The highest BCUT2D eigenvalue weighted by atomic mass is 32.2. The summed E-state index contributed by atoms with van der Waals surface area (Å²) in [6, 6.07) is 17.3. The Morgan fingerprint density at radius 1 is 1.11 bits per heavy atom. The standard InChI is InChI=1S/C21H20N2O3S2/c1-15-7-5-6-10-17(15)27-14-19(24)22-11-12-23-20(25)18(28-21(23)26)13-16-8-3-2-4-9-16/h2-10,13H,11-12,14H2,1H3,(H,22,24)/b18-13-. The van der Waals surface area contributed by atoms with Crippen molar-refractivity contribution in [3.05, 3.63) is 70.6 Å². The van der Waals surface area contributed by atoms with Crippen LogP contribution in [0.2, 0.25) is 0 Å². The molecule has 1 N–H and O–H groups in total. The molecule has 0 saturated carbocycles. The molecule has 0 atom stereocenters. The van der Waals surface area contributed by atoms with Crippen molar-refractivity contribution in [2.45, 2.75) is 11.8 Å². The van der Waals surface area contributed by atoms with Gasteiger partial charge in [0.2, 0.25) is 5.91 Å². The molecule has 1 heterocycles. The second-order valence-corrected chi connectivity index (χ2v) is 8.16. The van der Waals surface area contributed by atoms with Gasteiger partial charge >= 0.3 is 0 Å². The molecule has 7 heteroatoms. The minimum Gasteiger partial charge on any atom is -0.354 e. The van der Waals surface area contributed by atoms with Crippen LogP contribution in [0.1, 0.15) is 11.1 Å². The molecule has 1 saturated heterocycles. The van der Waals surface area contributed by atoms with Crippen molar-refractivity contribution in [2.75, 3.05) is 18.8 Å². The van der Waals surface area contributed by atoms with Crippen molar-refractivity contribution in [1.29, 1.82) is 0 Å². The Kier molecular flexibility index (Phi) is 6.95. The average Bonchev–Trinajstić information content (AvgIpc) is 2.95. The summed E-state index contributed by atoms with van der Waals surface area (Å²) in [4.78, 5) is 39.2. The Hall–Kier alpha value is -2.51. The van der Waals surface area contributed by atoms with Gasteiger partial charge in [-0.3, -0.25) is 19.3 Å². The minimum absolute atomic E-state index is 0.125. The smallest absolute Gasteiger partial charge is 0.293 e. The number of benzene rings is 2. The molecule has 1 aliphatic rings. The molecule has 2 aromatic rings. The molecule has 3 amide bonds. The third-order valence-corrected chi connectivity index (χ3v) is 6.16. The molecule has 144 valence electrons. The van der Waals surface area contributed by atoms with Gasteiger partial charge in [0.05, 0.1) is 10.7 Å². The van der Waals surface area contributed by atoms with Crippen molar-refractivity contribution in [2.24, 2.45) is 0 Å². The van der Waals surface area contributed by atoms with Gasteiger partial charge in [0, 0.05) is 18.0 Å². The number of carbonyl (C=O) groups excluding carboxylic acids is 3. The van der Waals surface area contributed by atoms with E-state index < -0.39 is 0 Å². The van der Waals surface area contributed by atoms with Gasteiger partial charge in [-0.15, -0.1) is 11.8 Å². The predicted molar refractivity (Wildman–Crippen MR) is 114 cm³/mol. The predicted octanol–water partition coefficient (Wildman–Crippen LogP) is 3.94. The summed E-state index contributed by atoms with van der Waals surface area (Å²) in [6.45, 7) is 2.41. The van der Waals surface area contributed by atoms with Gasteiger partial charge in [-0.05, 0) is 42.0 Å². The van der Waals surface area contributed by atoms with Crippen molar-refractivity contribution < 1.29 is 14.4 Å². The number of hydrogen-bond donors (Lipinski definition) is 1. The molecular formula is C21H20N2O3S2. The van der Waals surface area contributed by atoms with E-state index in [1.165, 1.54) is 16.7 Å². The lowest BCUT2D eigenvalue weighted by Gasteiger charge is -2.13. The fraction of sp³-hybridized carbons (Fsp3) is 0.190. The number of nitrogens with one attached hydrogen (secondary N) is 1. The van der Waals surface area contributed by atoms with Crippen molar-refractivity contribution in [3.8, 4) is 0 Å². The van der Waals surface area contributed by atoms with Gasteiger partial charge in [-0.1, -0.05) is 48.5 Å². The largest absolute Gasteiger partial charge is 0.354 e. The normalized spacial score (nSPS) is 15.3. The first-order valence-electron chi connectivity index (χ1n) is 8.80. The number of rotatable bonds is 7. The highest BCUT2D eigenvalue weighted by molar-refractivity contribution is 8.18. The number of thioether (sulfide) groups is 2. The van der Waals surface area contributed by atoms with Crippen LogP contribution in [0.3, 0.4) is 0 Å². The lowest BCUT2D eigenvalue weighted by Crippen LogP contribution is -2.37. The molecule has 28 heavy (non-hydrogen) atoms. The fourth-order valence-corrected chi connectivity index (χ4v) is 4.34. The van der Waals surface area contributed by atoms with Crippen LogP contribution in [0.15, 0.2) is 64.4 Å². The average molecular weight is 413 g/mol. The number of hydrogen-bond acceptors (Lipinski definition) is 5. The quantitative estimate of drug-likeness (QED) is 0.551. The summed E-state index contributed by atoms with van der Waals surface area (Å²) >= 11 is 2.39. The van der Waals surface area contributed by atoms with Crippen molar-refractivity contribution in [3.63, 3.8) is 0 Å². The van der Waals surface area contributed by atoms with Crippen LogP contribution in [-0.2, 0) is 9.59 Å². The fourth-order valence-electron chi connectivity index (χ4n) is 2.61. The van der Waals surface area contributed by atoms with Crippen molar-refractivity contribution >= 4 is 46.7 Å². The summed E-state index contributed by atoms with van der Waals surface area (Å²) in [5.41, 5.74) is 2.00. The number of nitrogens with zero attached hydrogens (tertiary/aromatic N) is 1. The molecule has 3 rings (SSSR count). The molecule has 5 nitrogen and oxygen atoms in total. The van der Waals surface area contributed by atoms with Gasteiger partial charge in [-0.25, -0.2) is 0 Å². The molecule has 0 aromatic heterocycles. The zero-order valence-corrected chi connectivity index (χ0v) is 17.0. The van der Waals surface area contributed by atoms with Crippen LogP contribution in [0.4, 0.5) is 4.79 Å². The molecular weight excluding hydrogens is 392 g/mol. The maximum atomic E-state index is 12.4. The zero-order chi connectivity index (χ0) is 19.9. The Morgan fingerprint density at radius 2 is 1.82 bits per heavy atom. The van der Waals surface area contributed by atoms with Crippen LogP contribution in [0.5, 0.6) is 0 Å². The van der Waals surface area contributed by atoms with E-state index in [0.29, 0.717) is 10.7 Å². The summed E-state index contributed by atoms with van der Waals surface area (Å²) in [7, 11) is 0. The van der Waals surface area contributed by atoms with Crippen LogP contribution in [0.25, 0.3) is 6.08 Å². The third-order valence-electron chi connectivity index (χ3n) is 4.08. The van der Waals surface area contributed by atoms with Crippen LogP contribution < -0.4 is 5.32 Å². The molecule has 0 aliphatic carbocycles. The highest BCUT2D eigenvalue weighted by Gasteiger charge is 2.34. The topological polar surface area (TPSA) is 66.5 Å². The van der Waals surface area contributed by atoms with E-state index in [0.717, 1.165) is 27.8 Å². The minimum atomic E-state index is -0.317.